The van der Waals surface area contributed by atoms with Crippen molar-refractivity contribution in [2.24, 2.45) is 0 Å². The number of hydrogen-bond acceptors (Lipinski definition) is 4. The monoisotopic (exact) mass is 314 g/mol. The standard InChI is InChI=1S/C18H18O5/c19-15-7-3-1-5-12(15)9-10-17(21)14(11-18(22)23)13-6-2-4-8-16(13)20/h1-8,14,19-20H,9-11H2,(H,22,23). The summed E-state index contributed by atoms with van der Waals surface area (Å²) in [5.74, 6) is -2.27. The number of ketones is 1. The number of carbonyl (C=O) groups excluding carboxylic acids is 1. The van der Waals surface area contributed by atoms with Gasteiger partial charge in [-0.1, -0.05) is 36.4 Å². The summed E-state index contributed by atoms with van der Waals surface area (Å²) in [5.41, 5.74) is 0.949. The van der Waals surface area contributed by atoms with Gasteiger partial charge in [0.15, 0.2) is 0 Å². The van der Waals surface area contributed by atoms with Crippen molar-refractivity contribution in [3.63, 3.8) is 0 Å². The molecular formula is C18H18O5. The Labute approximate surface area is 133 Å². The second-order valence-electron chi connectivity index (χ2n) is 5.30. The highest BCUT2D eigenvalue weighted by molar-refractivity contribution is 5.90. The molecule has 2 rings (SSSR count). The maximum absolute atomic E-state index is 12.5. The van der Waals surface area contributed by atoms with Gasteiger partial charge in [0.25, 0.3) is 0 Å². The van der Waals surface area contributed by atoms with Crippen LogP contribution in [0.3, 0.4) is 0 Å². The fraction of sp³-hybridized carbons (Fsp3) is 0.222. The van der Waals surface area contributed by atoms with E-state index in [1.807, 2.05) is 0 Å². The SMILES string of the molecule is O=C(O)CC(C(=O)CCc1ccccc1O)c1ccccc1O. The highest BCUT2D eigenvalue weighted by Crippen LogP contribution is 2.30. The van der Waals surface area contributed by atoms with Crippen molar-refractivity contribution in [2.75, 3.05) is 0 Å². The van der Waals surface area contributed by atoms with Crippen molar-refractivity contribution < 1.29 is 24.9 Å². The summed E-state index contributed by atoms with van der Waals surface area (Å²) in [6.07, 6.45) is 0.0241. The number of benzene rings is 2. The molecule has 5 nitrogen and oxygen atoms in total. The van der Waals surface area contributed by atoms with E-state index in [1.165, 1.54) is 12.1 Å². The molecule has 5 heteroatoms. The van der Waals surface area contributed by atoms with Gasteiger partial charge >= 0.3 is 5.97 Å². The summed E-state index contributed by atoms with van der Waals surface area (Å²) < 4.78 is 0. The first kappa shape index (κ1) is 16.5. The molecule has 0 fully saturated rings. The molecule has 0 amide bonds. The van der Waals surface area contributed by atoms with Crippen LogP contribution in [0, 0.1) is 0 Å². The van der Waals surface area contributed by atoms with Crippen LogP contribution >= 0.6 is 0 Å². The second kappa shape index (κ2) is 7.45. The Kier molecular flexibility index (Phi) is 5.36. The molecule has 0 spiro atoms. The zero-order chi connectivity index (χ0) is 16.8. The Bertz CT molecular complexity index is 708. The summed E-state index contributed by atoms with van der Waals surface area (Å²) in [4.78, 5) is 23.5. The number of aliphatic carboxylic acids is 1. The van der Waals surface area contributed by atoms with Crippen LogP contribution in [0.25, 0.3) is 0 Å². The van der Waals surface area contributed by atoms with E-state index in [0.29, 0.717) is 17.5 Å². The molecular weight excluding hydrogens is 296 g/mol. The van der Waals surface area contributed by atoms with Crippen molar-refractivity contribution in [1.29, 1.82) is 0 Å². The van der Waals surface area contributed by atoms with E-state index in [9.17, 15) is 19.8 Å². The molecule has 0 saturated heterocycles. The van der Waals surface area contributed by atoms with E-state index >= 15 is 0 Å². The number of carbonyl (C=O) groups is 2. The van der Waals surface area contributed by atoms with E-state index in [-0.39, 0.29) is 30.1 Å². The maximum Gasteiger partial charge on any atom is 0.304 e. The largest absolute Gasteiger partial charge is 0.508 e. The minimum Gasteiger partial charge on any atom is -0.508 e. The number of rotatable bonds is 7. The van der Waals surface area contributed by atoms with Crippen LogP contribution < -0.4 is 0 Å². The van der Waals surface area contributed by atoms with Crippen molar-refractivity contribution in [2.45, 2.75) is 25.2 Å². The molecule has 0 aliphatic carbocycles. The van der Waals surface area contributed by atoms with Gasteiger partial charge < -0.3 is 15.3 Å². The summed E-state index contributed by atoms with van der Waals surface area (Å²) in [6, 6.07) is 13.0. The molecule has 120 valence electrons. The van der Waals surface area contributed by atoms with E-state index in [2.05, 4.69) is 0 Å². The van der Waals surface area contributed by atoms with Crippen molar-refractivity contribution in [3.8, 4) is 11.5 Å². The minimum atomic E-state index is -1.10. The van der Waals surface area contributed by atoms with Crippen LogP contribution in [-0.4, -0.2) is 27.1 Å². The van der Waals surface area contributed by atoms with Crippen LogP contribution in [0.5, 0.6) is 11.5 Å². The fourth-order valence-electron chi connectivity index (χ4n) is 2.51. The zero-order valence-corrected chi connectivity index (χ0v) is 12.5. The topological polar surface area (TPSA) is 94.8 Å². The second-order valence-corrected chi connectivity index (χ2v) is 5.30. The third kappa shape index (κ3) is 4.32. The Hall–Kier alpha value is -2.82. The molecule has 23 heavy (non-hydrogen) atoms. The normalized spacial score (nSPS) is 11.8. The van der Waals surface area contributed by atoms with Gasteiger partial charge in [0.2, 0.25) is 0 Å². The molecule has 0 aromatic heterocycles. The van der Waals surface area contributed by atoms with Gasteiger partial charge in [-0.2, -0.15) is 0 Å². The molecule has 2 aromatic rings. The zero-order valence-electron chi connectivity index (χ0n) is 12.5. The fourth-order valence-corrected chi connectivity index (χ4v) is 2.51. The third-order valence-corrected chi connectivity index (χ3v) is 3.71. The van der Waals surface area contributed by atoms with Crippen LogP contribution in [0.4, 0.5) is 0 Å². The highest BCUT2D eigenvalue weighted by Gasteiger charge is 2.25. The van der Waals surface area contributed by atoms with Gasteiger partial charge in [0.05, 0.1) is 12.3 Å². The number of phenols is 2. The average Bonchev–Trinajstić information content (AvgIpc) is 2.52. The van der Waals surface area contributed by atoms with Gasteiger partial charge in [0.1, 0.15) is 17.3 Å². The Morgan fingerprint density at radius 1 is 0.913 bits per heavy atom. The van der Waals surface area contributed by atoms with Crippen LogP contribution in [0.1, 0.15) is 29.9 Å². The van der Waals surface area contributed by atoms with Crippen LogP contribution in [0.2, 0.25) is 0 Å². The number of aryl methyl sites for hydroxylation is 1. The number of hydrogen-bond donors (Lipinski definition) is 3. The lowest BCUT2D eigenvalue weighted by Gasteiger charge is -2.16. The van der Waals surface area contributed by atoms with Crippen molar-refractivity contribution in [3.05, 3.63) is 59.7 Å². The summed E-state index contributed by atoms with van der Waals surface area (Å²) >= 11 is 0. The molecule has 0 heterocycles. The predicted molar refractivity (Wildman–Crippen MR) is 84.5 cm³/mol. The molecule has 3 N–H and O–H groups in total. The van der Waals surface area contributed by atoms with Gasteiger partial charge in [-0.15, -0.1) is 0 Å². The van der Waals surface area contributed by atoms with Gasteiger partial charge in [-0.3, -0.25) is 9.59 Å². The van der Waals surface area contributed by atoms with Crippen LogP contribution in [-0.2, 0) is 16.0 Å². The lowest BCUT2D eigenvalue weighted by molar-refractivity contribution is -0.139. The number of para-hydroxylation sites is 2. The Balaban J connectivity index is 2.16. The Morgan fingerprint density at radius 3 is 2.13 bits per heavy atom. The smallest absolute Gasteiger partial charge is 0.304 e. The molecule has 0 radical (unpaired) electrons. The number of phenolic OH excluding ortho intramolecular Hbond substituents is 2. The third-order valence-electron chi connectivity index (χ3n) is 3.71. The van der Waals surface area contributed by atoms with Crippen molar-refractivity contribution in [1.82, 2.24) is 0 Å². The quantitative estimate of drug-likeness (QED) is 0.730. The minimum absolute atomic E-state index is 0.0872. The van der Waals surface area contributed by atoms with Crippen molar-refractivity contribution >= 4 is 11.8 Å². The summed E-state index contributed by atoms with van der Waals surface area (Å²) in [6.45, 7) is 0. The van der Waals surface area contributed by atoms with Gasteiger partial charge in [0, 0.05) is 12.0 Å². The highest BCUT2D eigenvalue weighted by atomic mass is 16.4. The first-order chi connectivity index (χ1) is 11.0. The molecule has 0 bridgehead atoms. The lowest BCUT2D eigenvalue weighted by atomic mass is 9.88. The molecule has 1 atom stereocenters. The predicted octanol–water partition coefficient (Wildman–Crippen LogP) is 2.86. The van der Waals surface area contributed by atoms with Gasteiger partial charge in [-0.25, -0.2) is 0 Å². The Morgan fingerprint density at radius 2 is 1.52 bits per heavy atom. The lowest BCUT2D eigenvalue weighted by Crippen LogP contribution is -2.17. The number of carboxylic acids is 1. The molecule has 0 aliphatic rings. The van der Waals surface area contributed by atoms with E-state index in [1.54, 1.807) is 36.4 Å². The summed E-state index contributed by atoms with van der Waals surface area (Å²) in [7, 11) is 0. The summed E-state index contributed by atoms with van der Waals surface area (Å²) in [5, 5.41) is 28.7. The number of aromatic hydroxyl groups is 2. The first-order valence-corrected chi connectivity index (χ1v) is 7.28. The van der Waals surface area contributed by atoms with E-state index < -0.39 is 11.9 Å². The molecule has 2 aromatic carbocycles. The van der Waals surface area contributed by atoms with Gasteiger partial charge in [-0.05, 0) is 24.1 Å². The van der Waals surface area contributed by atoms with E-state index in [0.717, 1.165) is 0 Å². The van der Waals surface area contributed by atoms with Crippen LogP contribution in [0.15, 0.2) is 48.5 Å². The first-order valence-electron chi connectivity index (χ1n) is 7.28. The maximum atomic E-state index is 12.5. The van der Waals surface area contributed by atoms with E-state index in [4.69, 9.17) is 5.11 Å². The number of carboxylic acid groups (broad SMARTS) is 1. The molecule has 0 saturated carbocycles. The molecule has 0 aliphatic heterocycles. The number of Topliss-reactive ketones (excluding diaryl/α,β-unsaturated/α-hetero) is 1. The molecule has 1 unspecified atom stereocenters. The average molecular weight is 314 g/mol.